The molecular formula is C24H22N2O4. The maximum absolute atomic E-state index is 13.1. The quantitative estimate of drug-likeness (QED) is 0.529. The first-order valence-corrected chi connectivity index (χ1v) is 9.90. The number of nitrogens with zero attached hydrogens (tertiary/aromatic N) is 1. The van der Waals surface area contributed by atoms with E-state index in [9.17, 15) is 14.4 Å². The summed E-state index contributed by atoms with van der Waals surface area (Å²) in [6, 6.07) is 14.4. The van der Waals surface area contributed by atoms with E-state index in [1.165, 1.54) is 11.8 Å². The van der Waals surface area contributed by atoms with Gasteiger partial charge in [-0.05, 0) is 44.0 Å². The number of carbonyl (C=O) groups excluding carboxylic acids is 3. The van der Waals surface area contributed by atoms with Crippen LogP contribution in [0.25, 0.3) is 16.5 Å². The van der Waals surface area contributed by atoms with Crippen LogP contribution in [0.4, 0.5) is 0 Å². The zero-order chi connectivity index (χ0) is 21.3. The molecule has 1 N–H and O–H groups in total. The highest BCUT2D eigenvalue weighted by Crippen LogP contribution is 2.31. The van der Waals surface area contributed by atoms with Crippen molar-refractivity contribution in [3.8, 4) is 0 Å². The Labute approximate surface area is 174 Å². The van der Waals surface area contributed by atoms with Crippen LogP contribution in [-0.2, 0) is 16.0 Å². The van der Waals surface area contributed by atoms with E-state index < -0.39 is 5.97 Å². The van der Waals surface area contributed by atoms with Gasteiger partial charge in [-0.2, -0.15) is 0 Å². The van der Waals surface area contributed by atoms with Crippen molar-refractivity contribution in [1.29, 1.82) is 0 Å². The number of hydrogen-bond acceptors (Lipinski definition) is 4. The summed E-state index contributed by atoms with van der Waals surface area (Å²) in [5.41, 5.74) is 3.96. The normalized spacial score (nSPS) is 13.4. The maximum atomic E-state index is 13.1. The molecule has 0 unspecified atom stereocenters. The third-order valence-corrected chi connectivity index (χ3v) is 5.27. The lowest BCUT2D eigenvalue weighted by Crippen LogP contribution is -2.28. The zero-order valence-corrected chi connectivity index (χ0v) is 16.9. The van der Waals surface area contributed by atoms with Crippen LogP contribution in [0.15, 0.2) is 54.7 Å². The molecule has 4 rings (SSSR count). The van der Waals surface area contributed by atoms with Crippen molar-refractivity contribution in [3.05, 3.63) is 77.1 Å². The molecule has 0 bridgehead atoms. The molecule has 30 heavy (non-hydrogen) atoms. The molecular weight excluding hydrogens is 380 g/mol. The van der Waals surface area contributed by atoms with E-state index in [-0.39, 0.29) is 18.3 Å². The Bertz CT molecular complexity index is 1170. The van der Waals surface area contributed by atoms with E-state index in [1.54, 1.807) is 37.4 Å². The van der Waals surface area contributed by atoms with E-state index in [4.69, 9.17) is 4.74 Å². The van der Waals surface area contributed by atoms with E-state index in [0.29, 0.717) is 35.4 Å². The van der Waals surface area contributed by atoms with E-state index in [1.807, 2.05) is 24.3 Å². The molecule has 0 saturated heterocycles. The SMILES string of the molecule is CCOC(=O)C1=CN(C(=O)c2ccc(C(C)=O)cc2)CCc2c1[nH]c1ccccc21. The summed E-state index contributed by atoms with van der Waals surface area (Å²) in [5.74, 6) is -0.767. The number of rotatable bonds is 4. The monoisotopic (exact) mass is 402 g/mol. The lowest BCUT2D eigenvalue weighted by atomic mass is 10.0. The van der Waals surface area contributed by atoms with Gasteiger partial charge in [0, 0.05) is 34.8 Å². The largest absolute Gasteiger partial charge is 0.462 e. The van der Waals surface area contributed by atoms with E-state index in [2.05, 4.69) is 4.98 Å². The number of Topliss-reactive ketones (excluding diaryl/α,β-unsaturated/α-hetero) is 1. The Morgan fingerprint density at radius 1 is 1.03 bits per heavy atom. The number of amides is 1. The fourth-order valence-electron chi connectivity index (χ4n) is 3.74. The predicted molar refractivity (Wildman–Crippen MR) is 114 cm³/mol. The standard InChI is InChI=1S/C24H22N2O4/c1-3-30-24(29)20-14-26(23(28)17-10-8-16(9-11-17)15(2)27)13-12-19-18-6-4-5-7-21(18)25-22(19)20/h4-11,14,25H,3,12-13H2,1-2H3. The minimum Gasteiger partial charge on any atom is -0.462 e. The molecule has 1 amide bonds. The molecule has 6 nitrogen and oxygen atoms in total. The molecule has 2 aromatic carbocycles. The molecule has 3 aromatic rings. The van der Waals surface area contributed by atoms with Gasteiger partial charge in [0.15, 0.2) is 5.78 Å². The summed E-state index contributed by atoms with van der Waals surface area (Å²) in [6.07, 6.45) is 2.16. The first-order chi connectivity index (χ1) is 14.5. The van der Waals surface area contributed by atoms with Gasteiger partial charge in [-0.25, -0.2) is 4.79 Å². The lowest BCUT2D eigenvalue weighted by Gasteiger charge is -2.18. The molecule has 2 heterocycles. The fraction of sp³-hybridized carbons (Fsp3) is 0.208. The summed E-state index contributed by atoms with van der Waals surface area (Å²) >= 11 is 0. The molecule has 1 aromatic heterocycles. The van der Waals surface area contributed by atoms with Crippen LogP contribution in [0.3, 0.4) is 0 Å². The van der Waals surface area contributed by atoms with Crippen LogP contribution in [-0.4, -0.2) is 40.7 Å². The van der Waals surface area contributed by atoms with E-state index in [0.717, 1.165) is 16.5 Å². The van der Waals surface area contributed by atoms with Crippen molar-refractivity contribution in [2.45, 2.75) is 20.3 Å². The van der Waals surface area contributed by atoms with Gasteiger partial charge in [-0.15, -0.1) is 0 Å². The minimum atomic E-state index is -0.475. The fourth-order valence-corrected chi connectivity index (χ4v) is 3.74. The second-order valence-corrected chi connectivity index (χ2v) is 7.17. The Morgan fingerprint density at radius 3 is 2.43 bits per heavy atom. The zero-order valence-electron chi connectivity index (χ0n) is 16.9. The second-order valence-electron chi connectivity index (χ2n) is 7.17. The number of aromatic nitrogens is 1. The van der Waals surface area contributed by atoms with Gasteiger partial charge in [-0.1, -0.05) is 30.3 Å². The number of benzene rings is 2. The van der Waals surface area contributed by atoms with Gasteiger partial charge in [0.1, 0.15) is 0 Å². The second kappa shape index (κ2) is 7.99. The third-order valence-electron chi connectivity index (χ3n) is 5.27. The molecule has 6 heteroatoms. The summed E-state index contributed by atoms with van der Waals surface area (Å²) < 4.78 is 5.26. The first-order valence-electron chi connectivity index (χ1n) is 9.90. The Morgan fingerprint density at radius 2 is 1.73 bits per heavy atom. The van der Waals surface area contributed by atoms with Gasteiger partial charge in [0.25, 0.3) is 5.91 Å². The minimum absolute atomic E-state index is 0.0568. The molecule has 0 radical (unpaired) electrons. The average molecular weight is 402 g/mol. The van der Waals surface area contributed by atoms with Crippen LogP contribution in [0.2, 0.25) is 0 Å². The predicted octanol–water partition coefficient (Wildman–Crippen LogP) is 3.97. The molecule has 152 valence electrons. The highest BCUT2D eigenvalue weighted by Gasteiger charge is 2.27. The van der Waals surface area contributed by atoms with Crippen LogP contribution in [0.5, 0.6) is 0 Å². The van der Waals surface area contributed by atoms with Crippen LogP contribution < -0.4 is 0 Å². The van der Waals surface area contributed by atoms with Crippen LogP contribution in [0, 0.1) is 0 Å². The molecule has 0 atom stereocenters. The Kier molecular flexibility index (Phi) is 5.23. The van der Waals surface area contributed by atoms with E-state index >= 15 is 0 Å². The molecule has 1 aliphatic rings. The van der Waals surface area contributed by atoms with Gasteiger partial charge >= 0.3 is 5.97 Å². The number of aromatic amines is 1. The molecule has 0 fully saturated rings. The summed E-state index contributed by atoms with van der Waals surface area (Å²) in [7, 11) is 0. The number of para-hydroxylation sites is 1. The van der Waals surface area contributed by atoms with Gasteiger partial charge < -0.3 is 14.6 Å². The highest BCUT2D eigenvalue weighted by molar-refractivity contribution is 6.18. The number of ketones is 1. The topological polar surface area (TPSA) is 79.5 Å². The molecule has 0 saturated carbocycles. The number of ether oxygens (including phenoxy) is 1. The van der Waals surface area contributed by atoms with Crippen LogP contribution in [0.1, 0.15) is 45.8 Å². The van der Waals surface area contributed by atoms with Crippen molar-refractivity contribution in [3.63, 3.8) is 0 Å². The van der Waals surface area contributed by atoms with Crippen LogP contribution >= 0.6 is 0 Å². The van der Waals surface area contributed by atoms with Crippen molar-refractivity contribution in [2.24, 2.45) is 0 Å². The van der Waals surface area contributed by atoms with Crippen molar-refractivity contribution in [2.75, 3.05) is 13.2 Å². The Balaban J connectivity index is 1.75. The number of hydrogen-bond donors (Lipinski definition) is 1. The number of carbonyl (C=O) groups is 3. The average Bonchev–Trinajstić information content (AvgIpc) is 3.01. The number of nitrogens with one attached hydrogen (secondary N) is 1. The summed E-state index contributed by atoms with van der Waals surface area (Å²) in [5, 5.41) is 1.03. The van der Waals surface area contributed by atoms with Crippen molar-refractivity contribution >= 4 is 34.1 Å². The van der Waals surface area contributed by atoms with Gasteiger partial charge in [-0.3, -0.25) is 9.59 Å². The highest BCUT2D eigenvalue weighted by atomic mass is 16.5. The first kappa shape index (κ1) is 19.6. The third kappa shape index (κ3) is 3.52. The van der Waals surface area contributed by atoms with Gasteiger partial charge in [0.05, 0.1) is 17.9 Å². The van der Waals surface area contributed by atoms with Crippen molar-refractivity contribution in [1.82, 2.24) is 9.88 Å². The lowest BCUT2D eigenvalue weighted by molar-refractivity contribution is -0.136. The summed E-state index contributed by atoms with van der Waals surface area (Å²) in [6.45, 7) is 3.90. The number of fused-ring (bicyclic) bond motifs is 3. The summed E-state index contributed by atoms with van der Waals surface area (Å²) in [4.78, 5) is 42.2. The smallest absolute Gasteiger partial charge is 0.341 e. The van der Waals surface area contributed by atoms with Crippen molar-refractivity contribution < 1.29 is 19.1 Å². The molecule has 1 aliphatic heterocycles. The maximum Gasteiger partial charge on any atom is 0.341 e. The Hall–Kier alpha value is -3.67. The van der Waals surface area contributed by atoms with Gasteiger partial charge in [0.2, 0.25) is 0 Å². The molecule has 0 spiro atoms. The molecule has 0 aliphatic carbocycles. The number of esters is 1. The number of H-pyrrole nitrogens is 1.